The Labute approximate surface area is 62.5 Å². The Kier molecular flexibility index (Phi) is 2.72. The zero-order valence-corrected chi connectivity index (χ0v) is 6.64. The van der Waals surface area contributed by atoms with E-state index in [9.17, 15) is 0 Å². The number of hydrogen-bond donors (Lipinski definition) is 1. The summed E-state index contributed by atoms with van der Waals surface area (Å²) in [6.45, 7) is 1.87. The van der Waals surface area contributed by atoms with Crippen molar-refractivity contribution in [3.63, 3.8) is 0 Å². The molecule has 0 bridgehead atoms. The van der Waals surface area contributed by atoms with Gasteiger partial charge >= 0.3 is 0 Å². The van der Waals surface area contributed by atoms with E-state index >= 15 is 0 Å². The van der Waals surface area contributed by atoms with Crippen LogP contribution in [0.1, 0.15) is 39.0 Å². The van der Waals surface area contributed by atoms with E-state index in [2.05, 4.69) is 4.99 Å². The van der Waals surface area contributed by atoms with E-state index in [1.165, 1.54) is 32.1 Å². The summed E-state index contributed by atoms with van der Waals surface area (Å²) in [5.41, 5.74) is 5.47. The molecule has 0 amide bonds. The van der Waals surface area contributed by atoms with E-state index in [1.807, 2.05) is 6.92 Å². The lowest BCUT2D eigenvalue weighted by Crippen LogP contribution is -2.15. The summed E-state index contributed by atoms with van der Waals surface area (Å²) in [6.07, 6.45) is 6.54. The minimum absolute atomic E-state index is 0.541. The largest absolute Gasteiger partial charge is 0.388 e. The fourth-order valence-corrected chi connectivity index (χ4v) is 1.50. The fraction of sp³-hybridized carbons (Fsp3) is 0.875. The Bertz CT molecular complexity index is 119. The molecule has 0 spiro atoms. The van der Waals surface area contributed by atoms with E-state index in [4.69, 9.17) is 5.73 Å². The van der Waals surface area contributed by atoms with E-state index in [0.29, 0.717) is 6.04 Å². The van der Waals surface area contributed by atoms with Gasteiger partial charge in [-0.3, -0.25) is 4.99 Å². The first-order valence-corrected chi connectivity index (χ1v) is 4.09. The van der Waals surface area contributed by atoms with Crippen LogP contribution in [-0.4, -0.2) is 11.9 Å². The van der Waals surface area contributed by atoms with Gasteiger partial charge in [-0.25, -0.2) is 0 Å². The van der Waals surface area contributed by atoms with Crippen molar-refractivity contribution in [2.24, 2.45) is 10.7 Å². The first kappa shape index (κ1) is 7.58. The average molecular weight is 140 g/mol. The average Bonchev–Trinajstić information content (AvgIpc) is 1.88. The van der Waals surface area contributed by atoms with Gasteiger partial charge in [-0.2, -0.15) is 0 Å². The van der Waals surface area contributed by atoms with Crippen molar-refractivity contribution in [2.45, 2.75) is 45.1 Å². The van der Waals surface area contributed by atoms with Crippen LogP contribution in [0.25, 0.3) is 0 Å². The maximum atomic E-state index is 5.47. The Morgan fingerprint density at radius 2 is 1.90 bits per heavy atom. The standard InChI is InChI=1S/C8H16N2/c1-7(9)10-8-5-3-2-4-6-8/h8H,2-6H2,1H3,(H2,9,10). The van der Waals surface area contributed by atoms with Gasteiger partial charge in [-0.15, -0.1) is 0 Å². The molecule has 2 heteroatoms. The molecule has 1 rings (SSSR count). The molecule has 1 fully saturated rings. The molecule has 0 atom stereocenters. The molecular weight excluding hydrogens is 124 g/mol. The highest BCUT2D eigenvalue weighted by molar-refractivity contribution is 5.77. The lowest BCUT2D eigenvalue weighted by atomic mass is 9.96. The third-order valence-electron chi connectivity index (χ3n) is 1.96. The van der Waals surface area contributed by atoms with E-state index < -0.39 is 0 Å². The van der Waals surface area contributed by atoms with Gasteiger partial charge in [0.1, 0.15) is 0 Å². The Morgan fingerprint density at radius 3 is 2.40 bits per heavy atom. The van der Waals surface area contributed by atoms with Crippen molar-refractivity contribution in [3.05, 3.63) is 0 Å². The van der Waals surface area contributed by atoms with Crippen LogP contribution in [0.3, 0.4) is 0 Å². The molecule has 58 valence electrons. The maximum Gasteiger partial charge on any atom is 0.0909 e. The van der Waals surface area contributed by atoms with Gasteiger partial charge in [0.05, 0.1) is 11.9 Å². The van der Waals surface area contributed by atoms with Crippen LogP contribution >= 0.6 is 0 Å². The van der Waals surface area contributed by atoms with Crippen molar-refractivity contribution >= 4 is 5.84 Å². The Morgan fingerprint density at radius 1 is 1.30 bits per heavy atom. The molecule has 2 nitrogen and oxygen atoms in total. The lowest BCUT2D eigenvalue weighted by Gasteiger charge is -2.17. The number of aliphatic imine (C=N–C) groups is 1. The number of amidine groups is 1. The molecule has 0 unspecified atom stereocenters. The number of nitrogens with two attached hydrogens (primary N) is 1. The topological polar surface area (TPSA) is 38.4 Å². The second-order valence-electron chi connectivity index (χ2n) is 3.06. The van der Waals surface area contributed by atoms with E-state index in [1.54, 1.807) is 0 Å². The summed E-state index contributed by atoms with van der Waals surface area (Å²) in [5, 5.41) is 0. The first-order chi connectivity index (χ1) is 4.79. The molecular formula is C8H16N2. The van der Waals surface area contributed by atoms with Crippen molar-refractivity contribution in [3.8, 4) is 0 Å². The normalized spacial score (nSPS) is 23.1. The SMILES string of the molecule is CC(N)=NC1CCCCC1. The number of hydrogen-bond acceptors (Lipinski definition) is 1. The summed E-state index contributed by atoms with van der Waals surface area (Å²) >= 11 is 0. The van der Waals surface area contributed by atoms with Crippen LogP contribution in [0.15, 0.2) is 4.99 Å². The number of rotatable bonds is 1. The summed E-state index contributed by atoms with van der Waals surface area (Å²) in [7, 11) is 0. The molecule has 10 heavy (non-hydrogen) atoms. The summed E-state index contributed by atoms with van der Waals surface area (Å²) in [6, 6.07) is 0.541. The van der Waals surface area contributed by atoms with Gasteiger partial charge in [0.25, 0.3) is 0 Å². The molecule has 1 aliphatic rings. The maximum absolute atomic E-state index is 5.47. The van der Waals surface area contributed by atoms with Crippen LogP contribution < -0.4 is 5.73 Å². The second-order valence-corrected chi connectivity index (χ2v) is 3.06. The van der Waals surface area contributed by atoms with Crippen LogP contribution in [0.2, 0.25) is 0 Å². The van der Waals surface area contributed by atoms with Gasteiger partial charge < -0.3 is 5.73 Å². The first-order valence-electron chi connectivity index (χ1n) is 4.09. The van der Waals surface area contributed by atoms with Gasteiger partial charge in [0.15, 0.2) is 0 Å². The van der Waals surface area contributed by atoms with E-state index in [0.717, 1.165) is 5.84 Å². The molecule has 2 N–H and O–H groups in total. The Balaban J connectivity index is 2.33. The highest BCUT2D eigenvalue weighted by atomic mass is 14.9. The molecule has 0 aromatic heterocycles. The molecule has 0 aliphatic heterocycles. The predicted octanol–water partition coefficient (Wildman–Crippen LogP) is 1.70. The quantitative estimate of drug-likeness (QED) is 0.437. The lowest BCUT2D eigenvalue weighted by molar-refractivity contribution is 0.443. The third kappa shape index (κ3) is 2.38. The van der Waals surface area contributed by atoms with Crippen LogP contribution in [0, 0.1) is 0 Å². The van der Waals surface area contributed by atoms with Crippen molar-refractivity contribution in [1.82, 2.24) is 0 Å². The van der Waals surface area contributed by atoms with Gasteiger partial charge in [0, 0.05) is 0 Å². The fourth-order valence-electron chi connectivity index (χ4n) is 1.50. The molecule has 1 aliphatic carbocycles. The van der Waals surface area contributed by atoms with Crippen LogP contribution in [0.5, 0.6) is 0 Å². The van der Waals surface area contributed by atoms with Crippen LogP contribution in [0.4, 0.5) is 0 Å². The smallest absolute Gasteiger partial charge is 0.0909 e. The molecule has 0 saturated heterocycles. The van der Waals surface area contributed by atoms with E-state index in [-0.39, 0.29) is 0 Å². The second kappa shape index (κ2) is 3.59. The zero-order chi connectivity index (χ0) is 7.40. The molecule has 0 aromatic rings. The number of nitrogens with zero attached hydrogens (tertiary/aromatic N) is 1. The summed E-state index contributed by atoms with van der Waals surface area (Å²) < 4.78 is 0. The zero-order valence-electron chi connectivity index (χ0n) is 6.64. The third-order valence-corrected chi connectivity index (χ3v) is 1.96. The van der Waals surface area contributed by atoms with Crippen molar-refractivity contribution in [2.75, 3.05) is 0 Å². The monoisotopic (exact) mass is 140 g/mol. The highest BCUT2D eigenvalue weighted by Crippen LogP contribution is 2.19. The predicted molar refractivity (Wildman–Crippen MR) is 44.2 cm³/mol. The molecule has 0 radical (unpaired) electrons. The van der Waals surface area contributed by atoms with Gasteiger partial charge in [-0.05, 0) is 19.8 Å². The Hall–Kier alpha value is -0.530. The molecule has 0 heterocycles. The molecule has 1 saturated carbocycles. The minimum atomic E-state index is 0.541. The van der Waals surface area contributed by atoms with Crippen molar-refractivity contribution in [1.29, 1.82) is 0 Å². The minimum Gasteiger partial charge on any atom is -0.388 e. The summed E-state index contributed by atoms with van der Waals surface area (Å²) in [4.78, 5) is 4.33. The highest BCUT2D eigenvalue weighted by Gasteiger charge is 2.10. The molecule has 0 aromatic carbocycles. The van der Waals surface area contributed by atoms with Gasteiger partial charge in [0.2, 0.25) is 0 Å². The van der Waals surface area contributed by atoms with Gasteiger partial charge in [-0.1, -0.05) is 19.3 Å². The van der Waals surface area contributed by atoms with Crippen molar-refractivity contribution < 1.29 is 0 Å². The summed E-state index contributed by atoms with van der Waals surface area (Å²) in [5.74, 6) is 0.743. The van der Waals surface area contributed by atoms with Crippen LogP contribution in [-0.2, 0) is 0 Å².